The fraction of sp³-hybridized carbons (Fsp3) is 0.435. The second kappa shape index (κ2) is 8.57. The van der Waals surface area contributed by atoms with E-state index in [0.29, 0.717) is 16.9 Å². The normalized spacial score (nSPS) is 17.2. The van der Waals surface area contributed by atoms with E-state index in [9.17, 15) is 9.59 Å². The van der Waals surface area contributed by atoms with Crippen LogP contribution in [0.4, 0.5) is 11.5 Å². The van der Waals surface area contributed by atoms with Crippen molar-refractivity contribution in [1.29, 1.82) is 0 Å². The molecular weight excluding hydrogens is 406 g/mol. The van der Waals surface area contributed by atoms with Crippen LogP contribution in [0.2, 0.25) is 0 Å². The van der Waals surface area contributed by atoms with Gasteiger partial charge in [0.25, 0.3) is 5.91 Å². The lowest BCUT2D eigenvalue weighted by atomic mass is 9.95. The molecule has 0 bridgehead atoms. The van der Waals surface area contributed by atoms with Gasteiger partial charge in [-0.15, -0.1) is 15.3 Å². The van der Waals surface area contributed by atoms with Crippen LogP contribution in [-0.4, -0.2) is 62.7 Å². The number of likely N-dealkylation sites (tertiary alicyclic amines) is 1. The van der Waals surface area contributed by atoms with E-state index < -0.39 is 0 Å². The number of anilines is 2. The van der Waals surface area contributed by atoms with Gasteiger partial charge in [0.15, 0.2) is 5.65 Å². The number of hydrogen-bond donors (Lipinski definition) is 1. The zero-order valence-electron chi connectivity index (χ0n) is 18.2. The van der Waals surface area contributed by atoms with Crippen molar-refractivity contribution >= 4 is 29.0 Å². The number of carbonyl (C=O) groups is 2. The van der Waals surface area contributed by atoms with E-state index in [2.05, 4.69) is 25.5 Å². The highest BCUT2D eigenvalue weighted by Crippen LogP contribution is 2.27. The molecule has 2 saturated heterocycles. The molecule has 32 heavy (non-hydrogen) atoms. The van der Waals surface area contributed by atoms with Gasteiger partial charge in [0.2, 0.25) is 5.91 Å². The number of hydrogen-bond acceptors (Lipinski definition) is 6. The minimum absolute atomic E-state index is 0.0150. The molecule has 1 aromatic carbocycles. The molecule has 2 aliphatic heterocycles. The summed E-state index contributed by atoms with van der Waals surface area (Å²) in [7, 11) is 0. The first-order chi connectivity index (χ1) is 15.6. The number of nitrogens with zero attached hydrogens (tertiary/aromatic N) is 6. The summed E-state index contributed by atoms with van der Waals surface area (Å²) >= 11 is 0. The van der Waals surface area contributed by atoms with Crippen LogP contribution in [0.25, 0.3) is 5.65 Å². The zero-order chi connectivity index (χ0) is 22.1. The summed E-state index contributed by atoms with van der Waals surface area (Å²) in [6.07, 6.45) is 5.12. The van der Waals surface area contributed by atoms with Crippen LogP contribution in [-0.2, 0) is 4.79 Å². The number of rotatable bonds is 4. The largest absolute Gasteiger partial charge is 0.355 e. The number of nitrogens with one attached hydrogen (secondary N) is 1. The van der Waals surface area contributed by atoms with Gasteiger partial charge in [0.1, 0.15) is 12.1 Å². The third kappa shape index (κ3) is 3.90. The predicted molar refractivity (Wildman–Crippen MR) is 121 cm³/mol. The molecular formula is C23H27N7O2. The van der Waals surface area contributed by atoms with Gasteiger partial charge in [-0.05, 0) is 56.4 Å². The summed E-state index contributed by atoms with van der Waals surface area (Å²) in [6.45, 7) is 4.98. The maximum atomic E-state index is 13.1. The first-order valence-electron chi connectivity index (χ1n) is 11.2. The molecule has 1 N–H and O–H groups in total. The van der Waals surface area contributed by atoms with Crippen LogP contribution < -0.4 is 10.2 Å². The second-order valence-electron chi connectivity index (χ2n) is 8.57. The van der Waals surface area contributed by atoms with Crippen molar-refractivity contribution in [2.45, 2.75) is 32.6 Å². The van der Waals surface area contributed by atoms with Gasteiger partial charge < -0.3 is 15.1 Å². The van der Waals surface area contributed by atoms with Gasteiger partial charge in [0.05, 0.1) is 11.3 Å². The van der Waals surface area contributed by atoms with Crippen molar-refractivity contribution < 1.29 is 9.59 Å². The van der Waals surface area contributed by atoms with Crippen molar-refractivity contribution in [1.82, 2.24) is 24.7 Å². The lowest BCUT2D eigenvalue weighted by Crippen LogP contribution is -2.39. The standard InChI is InChI=1S/C23H27N7O2/c1-16-5-4-6-18(21(16)23(32)29-11-2-3-12-29)25-22(31)17-9-13-28(14-10-17)20-8-7-19-26-24-15-30(19)27-20/h4-8,15,17H,2-3,9-14H2,1H3,(H,25,31). The zero-order valence-corrected chi connectivity index (χ0v) is 18.2. The summed E-state index contributed by atoms with van der Waals surface area (Å²) < 4.78 is 1.66. The molecule has 166 valence electrons. The number of piperidine rings is 1. The van der Waals surface area contributed by atoms with Crippen LogP contribution in [0, 0.1) is 12.8 Å². The second-order valence-corrected chi connectivity index (χ2v) is 8.57. The molecule has 0 unspecified atom stereocenters. The Morgan fingerprint density at radius 2 is 1.81 bits per heavy atom. The van der Waals surface area contributed by atoms with Gasteiger partial charge in [-0.1, -0.05) is 12.1 Å². The summed E-state index contributed by atoms with van der Waals surface area (Å²) in [6, 6.07) is 9.48. The van der Waals surface area contributed by atoms with Crippen molar-refractivity contribution in [3.05, 3.63) is 47.8 Å². The van der Waals surface area contributed by atoms with E-state index in [-0.39, 0.29) is 17.7 Å². The van der Waals surface area contributed by atoms with E-state index in [1.807, 2.05) is 42.2 Å². The lowest BCUT2D eigenvalue weighted by molar-refractivity contribution is -0.120. The van der Waals surface area contributed by atoms with Gasteiger partial charge >= 0.3 is 0 Å². The molecule has 4 heterocycles. The molecule has 2 aromatic heterocycles. The van der Waals surface area contributed by atoms with E-state index in [1.165, 1.54) is 0 Å². The molecule has 0 saturated carbocycles. The number of aryl methyl sites for hydroxylation is 1. The van der Waals surface area contributed by atoms with Crippen LogP contribution in [0.1, 0.15) is 41.6 Å². The lowest BCUT2D eigenvalue weighted by Gasteiger charge is -2.32. The highest BCUT2D eigenvalue weighted by molar-refractivity contribution is 6.05. The maximum absolute atomic E-state index is 13.1. The Balaban J connectivity index is 1.25. The highest BCUT2D eigenvalue weighted by atomic mass is 16.2. The first-order valence-corrected chi connectivity index (χ1v) is 11.2. The molecule has 3 aromatic rings. The Morgan fingerprint density at radius 3 is 2.59 bits per heavy atom. The smallest absolute Gasteiger partial charge is 0.256 e. The number of fused-ring (bicyclic) bond motifs is 1. The molecule has 0 radical (unpaired) electrons. The van der Waals surface area contributed by atoms with Crippen molar-refractivity contribution in [3.8, 4) is 0 Å². The van der Waals surface area contributed by atoms with Gasteiger partial charge in [-0.3, -0.25) is 9.59 Å². The van der Waals surface area contributed by atoms with Crippen molar-refractivity contribution in [3.63, 3.8) is 0 Å². The van der Waals surface area contributed by atoms with Gasteiger partial charge in [-0.2, -0.15) is 4.52 Å². The number of carbonyl (C=O) groups excluding carboxylic acids is 2. The average molecular weight is 434 g/mol. The quantitative estimate of drug-likeness (QED) is 0.679. The molecule has 2 fully saturated rings. The van der Waals surface area contributed by atoms with E-state index in [4.69, 9.17) is 0 Å². The molecule has 2 aliphatic rings. The van der Waals surface area contributed by atoms with Crippen LogP contribution in [0.15, 0.2) is 36.7 Å². The molecule has 9 nitrogen and oxygen atoms in total. The summed E-state index contributed by atoms with van der Waals surface area (Å²) in [4.78, 5) is 30.2. The van der Waals surface area contributed by atoms with Gasteiger partial charge in [0, 0.05) is 32.1 Å². The fourth-order valence-electron chi connectivity index (χ4n) is 4.63. The summed E-state index contributed by atoms with van der Waals surface area (Å²) in [5.74, 6) is 0.752. The topological polar surface area (TPSA) is 95.7 Å². The highest BCUT2D eigenvalue weighted by Gasteiger charge is 2.28. The Morgan fingerprint density at radius 1 is 1.03 bits per heavy atom. The average Bonchev–Trinajstić information content (AvgIpc) is 3.50. The summed E-state index contributed by atoms with van der Waals surface area (Å²) in [5.41, 5.74) is 2.84. The van der Waals surface area contributed by atoms with Crippen molar-refractivity contribution in [2.75, 3.05) is 36.4 Å². The third-order valence-electron chi connectivity index (χ3n) is 6.48. The monoisotopic (exact) mass is 433 g/mol. The summed E-state index contributed by atoms with van der Waals surface area (Å²) in [5, 5.41) is 15.5. The van der Waals surface area contributed by atoms with E-state index in [0.717, 1.165) is 63.2 Å². The number of benzene rings is 1. The molecule has 5 rings (SSSR count). The first kappa shape index (κ1) is 20.4. The van der Waals surface area contributed by atoms with Crippen LogP contribution >= 0.6 is 0 Å². The molecule has 9 heteroatoms. The molecule has 0 atom stereocenters. The predicted octanol–water partition coefficient (Wildman–Crippen LogP) is 2.52. The Bertz CT molecular complexity index is 1140. The van der Waals surface area contributed by atoms with Crippen LogP contribution in [0.5, 0.6) is 0 Å². The third-order valence-corrected chi connectivity index (χ3v) is 6.48. The number of amides is 2. The van der Waals surface area contributed by atoms with Crippen LogP contribution in [0.3, 0.4) is 0 Å². The Labute approximate surface area is 186 Å². The number of aromatic nitrogens is 4. The van der Waals surface area contributed by atoms with Crippen molar-refractivity contribution in [2.24, 2.45) is 5.92 Å². The maximum Gasteiger partial charge on any atom is 0.256 e. The minimum Gasteiger partial charge on any atom is -0.355 e. The SMILES string of the molecule is Cc1cccc(NC(=O)C2CCN(c3ccc4nncn4n3)CC2)c1C(=O)N1CCCC1. The minimum atomic E-state index is -0.0971. The van der Waals surface area contributed by atoms with Gasteiger partial charge in [-0.25, -0.2) is 0 Å². The molecule has 0 spiro atoms. The Hall–Kier alpha value is -3.49. The Kier molecular flexibility index (Phi) is 5.46. The molecule has 0 aliphatic carbocycles. The fourth-order valence-corrected chi connectivity index (χ4v) is 4.63. The molecule has 2 amide bonds. The van der Waals surface area contributed by atoms with E-state index >= 15 is 0 Å². The van der Waals surface area contributed by atoms with E-state index in [1.54, 1.807) is 10.8 Å².